The van der Waals surface area contributed by atoms with Crippen LogP contribution in [0.3, 0.4) is 0 Å². The van der Waals surface area contributed by atoms with Crippen molar-refractivity contribution in [3.8, 4) is 0 Å². The molecule has 3 N–H and O–H groups in total. The summed E-state index contributed by atoms with van der Waals surface area (Å²) in [5.74, 6) is 0. The van der Waals surface area contributed by atoms with Crippen LogP contribution in [-0.2, 0) is 6.54 Å². The minimum atomic E-state index is 0.535. The Morgan fingerprint density at radius 1 is 1.25 bits per heavy atom. The van der Waals surface area contributed by atoms with Crippen molar-refractivity contribution < 1.29 is 0 Å². The number of nitrogens with two attached hydrogens (primary N) is 1. The monoisotopic (exact) mass is 164 g/mol. The molecule has 0 bridgehead atoms. The Morgan fingerprint density at radius 3 is 2.58 bits per heavy atom. The van der Waals surface area contributed by atoms with E-state index in [-0.39, 0.29) is 0 Å². The summed E-state index contributed by atoms with van der Waals surface area (Å²) in [5.41, 5.74) is 9.31. The van der Waals surface area contributed by atoms with Crippen molar-refractivity contribution in [3.05, 3.63) is 34.9 Å². The van der Waals surface area contributed by atoms with E-state index in [0.29, 0.717) is 6.67 Å². The molecule has 0 amide bonds. The van der Waals surface area contributed by atoms with Crippen LogP contribution in [0.15, 0.2) is 18.2 Å². The highest BCUT2D eigenvalue weighted by atomic mass is 14.9. The third-order valence-electron chi connectivity index (χ3n) is 2.04. The average molecular weight is 164 g/mol. The molecule has 0 heterocycles. The van der Waals surface area contributed by atoms with Gasteiger partial charge in [0.15, 0.2) is 0 Å². The first-order valence-electron chi connectivity index (χ1n) is 4.21. The first-order valence-corrected chi connectivity index (χ1v) is 4.21. The fourth-order valence-corrected chi connectivity index (χ4v) is 1.13. The summed E-state index contributed by atoms with van der Waals surface area (Å²) in [5, 5.41) is 3.09. The minimum absolute atomic E-state index is 0.535. The Hall–Kier alpha value is -0.860. The predicted molar refractivity (Wildman–Crippen MR) is 51.8 cm³/mol. The second-order valence-corrected chi connectivity index (χ2v) is 3.05. The lowest BCUT2D eigenvalue weighted by molar-refractivity contribution is 0.708. The normalized spacial score (nSPS) is 10.2. The van der Waals surface area contributed by atoms with Crippen LogP contribution in [-0.4, -0.2) is 6.67 Å². The van der Waals surface area contributed by atoms with E-state index in [2.05, 4.69) is 37.4 Å². The van der Waals surface area contributed by atoms with E-state index < -0.39 is 0 Å². The fourth-order valence-electron chi connectivity index (χ4n) is 1.13. The molecular weight excluding hydrogens is 148 g/mol. The Bertz CT molecular complexity index is 256. The Morgan fingerprint density at radius 2 is 2.00 bits per heavy atom. The van der Waals surface area contributed by atoms with Crippen LogP contribution in [0.1, 0.15) is 16.7 Å². The van der Waals surface area contributed by atoms with Gasteiger partial charge in [0.25, 0.3) is 0 Å². The molecule has 0 saturated carbocycles. The van der Waals surface area contributed by atoms with Crippen LogP contribution in [0, 0.1) is 13.8 Å². The fraction of sp³-hybridized carbons (Fsp3) is 0.400. The molecule has 0 unspecified atom stereocenters. The molecule has 1 aromatic rings. The largest absolute Gasteiger partial charge is 0.318 e. The van der Waals surface area contributed by atoms with E-state index >= 15 is 0 Å². The summed E-state index contributed by atoms with van der Waals surface area (Å²) in [7, 11) is 0. The van der Waals surface area contributed by atoms with Gasteiger partial charge in [-0.25, -0.2) is 0 Å². The summed E-state index contributed by atoms with van der Waals surface area (Å²) >= 11 is 0. The van der Waals surface area contributed by atoms with Crippen molar-refractivity contribution in [2.45, 2.75) is 20.4 Å². The lowest BCUT2D eigenvalue weighted by Crippen LogP contribution is -2.21. The highest BCUT2D eigenvalue weighted by molar-refractivity contribution is 5.29. The summed E-state index contributed by atoms with van der Waals surface area (Å²) in [6, 6.07) is 6.46. The Balaban J connectivity index is 2.69. The molecule has 2 heteroatoms. The van der Waals surface area contributed by atoms with Crippen LogP contribution in [0.25, 0.3) is 0 Å². The van der Waals surface area contributed by atoms with Crippen LogP contribution >= 0.6 is 0 Å². The Kier molecular flexibility index (Phi) is 3.26. The SMILES string of the molecule is Cc1ccc(CNCN)cc1C. The third-order valence-corrected chi connectivity index (χ3v) is 2.04. The van der Waals surface area contributed by atoms with E-state index in [0.717, 1.165) is 6.54 Å². The van der Waals surface area contributed by atoms with Gasteiger partial charge >= 0.3 is 0 Å². The van der Waals surface area contributed by atoms with Gasteiger partial charge in [-0.2, -0.15) is 0 Å². The van der Waals surface area contributed by atoms with Crippen LogP contribution in [0.4, 0.5) is 0 Å². The summed E-state index contributed by atoms with van der Waals surface area (Å²) in [6.07, 6.45) is 0. The van der Waals surface area contributed by atoms with Gasteiger partial charge in [-0.05, 0) is 30.5 Å². The van der Waals surface area contributed by atoms with E-state index in [1.165, 1.54) is 16.7 Å². The summed E-state index contributed by atoms with van der Waals surface area (Å²) < 4.78 is 0. The maximum Gasteiger partial charge on any atom is 0.0431 e. The highest BCUT2D eigenvalue weighted by Crippen LogP contribution is 2.09. The molecule has 12 heavy (non-hydrogen) atoms. The maximum atomic E-state index is 5.33. The third kappa shape index (κ3) is 2.32. The highest BCUT2D eigenvalue weighted by Gasteiger charge is 1.94. The average Bonchev–Trinajstić information content (AvgIpc) is 2.07. The zero-order valence-electron chi connectivity index (χ0n) is 7.72. The van der Waals surface area contributed by atoms with Gasteiger partial charge in [0.2, 0.25) is 0 Å². The van der Waals surface area contributed by atoms with E-state index in [1.54, 1.807) is 0 Å². The van der Waals surface area contributed by atoms with Crippen molar-refractivity contribution in [1.82, 2.24) is 5.32 Å². The summed E-state index contributed by atoms with van der Waals surface area (Å²) in [6.45, 7) is 5.64. The molecule has 0 aliphatic rings. The zero-order valence-corrected chi connectivity index (χ0v) is 7.72. The van der Waals surface area contributed by atoms with Gasteiger partial charge in [0, 0.05) is 13.2 Å². The molecule has 0 saturated heterocycles. The molecule has 0 spiro atoms. The van der Waals surface area contributed by atoms with Crippen molar-refractivity contribution in [2.24, 2.45) is 5.73 Å². The standard InChI is InChI=1S/C10H16N2/c1-8-3-4-10(5-9(8)2)6-12-7-11/h3-5,12H,6-7,11H2,1-2H3. The lowest BCUT2D eigenvalue weighted by atomic mass is 10.1. The zero-order chi connectivity index (χ0) is 8.97. The van der Waals surface area contributed by atoms with Crippen molar-refractivity contribution in [2.75, 3.05) is 6.67 Å². The molecule has 0 radical (unpaired) electrons. The van der Waals surface area contributed by atoms with Gasteiger partial charge in [-0.1, -0.05) is 18.2 Å². The molecule has 0 fully saturated rings. The van der Waals surface area contributed by atoms with Gasteiger partial charge in [0.1, 0.15) is 0 Å². The van der Waals surface area contributed by atoms with E-state index in [9.17, 15) is 0 Å². The van der Waals surface area contributed by atoms with Crippen LogP contribution in [0.5, 0.6) is 0 Å². The second kappa shape index (κ2) is 4.24. The van der Waals surface area contributed by atoms with Gasteiger partial charge < -0.3 is 11.1 Å². The second-order valence-electron chi connectivity index (χ2n) is 3.05. The number of hydrogen-bond donors (Lipinski definition) is 2. The van der Waals surface area contributed by atoms with E-state index in [4.69, 9.17) is 5.73 Å². The van der Waals surface area contributed by atoms with Gasteiger partial charge in [0.05, 0.1) is 0 Å². The molecule has 0 aliphatic heterocycles. The molecule has 1 aromatic carbocycles. The van der Waals surface area contributed by atoms with Crippen molar-refractivity contribution in [1.29, 1.82) is 0 Å². The molecule has 2 nitrogen and oxygen atoms in total. The summed E-state index contributed by atoms with van der Waals surface area (Å²) in [4.78, 5) is 0. The molecule has 0 aromatic heterocycles. The molecular formula is C10H16N2. The maximum absolute atomic E-state index is 5.33. The molecule has 1 rings (SSSR count). The number of aryl methyl sites for hydroxylation is 2. The molecule has 66 valence electrons. The smallest absolute Gasteiger partial charge is 0.0431 e. The van der Waals surface area contributed by atoms with Crippen molar-refractivity contribution >= 4 is 0 Å². The minimum Gasteiger partial charge on any atom is -0.318 e. The quantitative estimate of drug-likeness (QED) is 0.661. The Labute approximate surface area is 73.8 Å². The first-order chi connectivity index (χ1) is 5.74. The number of hydrogen-bond acceptors (Lipinski definition) is 2. The van der Waals surface area contributed by atoms with E-state index in [1.807, 2.05) is 0 Å². The predicted octanol–water partition coefficient (Wildman–Crippen LogP) is 1.31. The van der Waals surface area contributed by atoms with Crippen LogP contribution in [0.2, 0.25) is 0 Å². The molecule has 0 atom stereocenters. The van der Waals surface area contributed by atoms with Gasteiger partial charge in [-0.3, -0.25) is 0 Å². The van der Waals surface area contributed by atoms with Crippen molar-refractivity contribution in [3.63, 3.8) is 0 Å². The molecule has 0 aliphatic carbocycles. The lowest BCUT2D eigenvalue weighted by Gasteiger charge is -2.05. The first kappa shape index (κ1) is 9.23. The number of nitrogens with one attached hydrogen (secondary N) is 1. The topological polar surface area (TPSA) is 38.0 Å². The van der Waals surface area contributed by atoms with Crippen LogP contribution < -0.4 is 11.1 Å². The number of rotatable bonds is 3. The number of benzene rings is 1. The van der Waals surface area contributed by atoms with Gasteiger partial charge in [-0.15, -0.1) is 0 Å².